The first-order valence-electron chi connectivity index (χ1n) is 20.0. The van der Waals surface area contributed by atoms with Gasteiger partial charge in [-0.05, 0) is 119 Å². The van der Waals surface area contributed by atoms with Gasteiger partial charge in [-0.3, -0.25) is 0 Å². The monoisotopic (exact) mass is 728 g/mol. The molecule has 0 bridgehead atoms. The number of hydrogen-bond acceptors (Lipinski definition) is 3. The molecule has 1 aromatic heterocycles. The molecule has 4 aliphatic rings. The number of benzene rings is 5. The zero-order valence-corrected chi connectivity index (χ0v) is 34.1. The molecule has 0 spiro atoms. The van der Waals surface area contributed by atoms with Gasteiger partial charge in [0.15, 0.2) is 0 Å². The van der Waals surface area contributed by atoms with Crippen LogP contribution in [0, 0.1) is 12.7 Å². The Balaban J connectivity index is 1.35. The van der Waals surface area contributed by atoms with Gasteiger partial charge in [0.2, 0.25) is 0 Å². The summed E-state index contributed by atoms with van der Waals surface area (Å²) in [4.78, 5) is 5.30. The van der Waals surface area contributed by atoms with Gasteiger partial charge in [-0.1, -0.05) is 110 Å². The Labute approximate surface area is 325 Å². The van der Waals surface area contributed by atoms with Gasteiger partial charge < -0.3 is 9.80 Å². The third-order valence-corrected chi connectivity index (χ3v) is 15.0. The van der Waals surface area contributed by atoms with Gasteiger partial charge in [0.05, 0.1) is 16.9 Å². The van der Waals surface area contributed by atoms with Crippen molar-refractivity contribution in [2.75, 3.05) is 9.80 Å². The van der Waals surface area contributed by atoms with Gasteiger partial charge in [0.25, 0.3) is 6.71 Å². The van der Waals surface area contributed by atoms with Crippen molar-refractivity contribution in [1.82, 2.24) is 0 Å². The number of hydrogen-bond donors (Lipinski definition) is 0. The summed E-state index contributed by atoms with van der Waals surface area (Å²) in [6.45, 7) is 20.9. The standard InChI is InChI=1S/C49H50BFN2S/c1-29-23-39-42-40(24-29)53-44-36(48(8)21-13-14-22-49(48,53)9)27-33(51)28-37(44)50(42)45-43(34-19-17-32(47(5,6)7)26-41(34)54-45)52(39)38-20-18-31(46(2,3)4)25-35(38)30-15-11-10-12-16-30/h10-12,15-20,23-28H,13-14,21-22H2,1-9H3. The molecular formula is C49H50BFN2S. The smallest absolute Gasteiger partial charge is 0.264 e. The highest BCUT2D eigenvalue weighted by Gasteiger charge is 2.61. The summed E-state index contributed by atoms with van der Waals surface area (Å²) in [5, 5.41) is 1.26. The van der Waals surface area contributed by atoms with E-state index >= 15 is 4.39 Å². The SMILES string of the molecule is Cc1cc2c3c(c1)N1c4c(cc(F)cc4C4(C)CCCCC14C)B3c1sc3cc(C(C)(C)C)ccc3c1N2c1ccc(C(C)(C)C)cc1-c1ccccc1. The van der Waals surface area contributed by atoms with Crippen molar-refractivity contribution < 1.29 is 4.39 Å². The minimum atomic E-state index is -0.154. The highest BCUT2D eigenvalue weighted by Crippen LogP contribution is 2.62. The number of thiophene rings is 1. The molecule has 1 fully saturated rings. The van der Waals surface area contributed by atoms with E-state index in [-0.39, 0.29) is 34.3 Å². The topological polar surface area (TPSA) is 6.48 Å². The predicted octanol–water partition coefficient (Wildman–Crippen LogP) is 12.0. The quantitative estimate of drug-likeness (QED) is 0.164. The summed E-state index contributed by atoms with van der Waals surface area (Å²) in [5.41, 5.74) is 15.9. The fraction of sp³-hybridized carbons (Fsp3) is 0.347. The van der Waals surface area contributed by atoms with Crippen LogP contribution in [0.5, 0.6) is 0 Å². The molecule has 5 heteroatoms. The number of anilines is 5. The lowest BCUT2D eigenvalue weighted by Gasteiger charge is -2.52. The molecule has 6 aromatic rings. The van der Waals surface area contributed by atoms with E-state index in [9.17, 15) is 0 Å². The van der Waals surface area contributed by atoms with Crippen LogP contribution in [0.25, 0.3) is 21.2 Å². The van der Waals surface area contributed by atoms with Crippen molar-refractivity contribution in [2.24, 2.45) is 0 Å². The van der Waals surface area contributed by atoms with E-state index < -0.39 is 0 Å². The van der Waals surface area contributed by atoms with Gasteiger partial charge >= 0.3 is 0 Å². The van der Waals surface area contributed by atoms with Gasteiger partial charge in [0, 0.05) is 42.9 Å². The van der Waals surface area contributed by atoms with Crippen molar-refractivity contribution in [3.8, 4) is 11.1 Å². The van der Waals surface area contributed by atoms with Crippen LogP contribution in [-0.2, 0) is 16.2 Å². The summed E-state index contributed by atoms with van der Waals surface area (Å²) in [5.74, 6) is -0.110. The van der Waals surface area contributed by atoms with E-state index in [1.807, 2.05) is 23.5 Å². The fourth-order valence-corrected chi connectivity index (χ4v) is 12.0. The minimum Gasteiger partial charge on any atom is -0.335 e. The highest BCUT2D eigenvalue weighted by atomic mass is 32.1. The summed E-state index contributed by atoms with van der Waals surface area (Å²) < 4.78 is 18.9. The summed E-state index contributed by atoms with van der Waals surface area (Å²) in [7, 11) is 0. The number of fused-ring (bicyclic) bond motifs is 9. The molecule has 10 rings (SSSR count). The molecule has 5 aromatic carbocycles. The Morgan fingerprint density at radius 2 is 1.41 bits per heavy atom. The Hall–Kier alpha value is -4.35. The van der Waals surface area contributed by atoms with Gasteiger partial charge in [0.1, 0.15) is 5.82 Å². The Kier molecular flexibility index (Phi) is 7.04. The molecule has 2 unspecified atom stereocenters. The average Bonchev–Trinajstić information content (AvgIpc) is 3.59. The fourth-order valence-electron chi connectivity index (χ4n) is 10.7. The molecule has 0 amide bonds. The van der Waals surface area contributed by atoms with Crippen LogP contribution in [0.2, 0.25) is 0 Å². The molecule has 1 aliphatic carbocycles. The maximum atomic E-state index is 16.3. The third kappa shape index (κ3) is 4.51. The number of nitrogens with zero attached hydrogens (tertiary/aromatic N) is 2. The zero-order chi connectivity index (χ0) is 37.7. The van der Waals surface area contributed by atoms with Crippen LogP contribution < -0.4 is 25.5 Å². The summed E-state index contributed by atoms with van der Waals surface area (Å²) >= 11 is 1.92. The first kappa shape index (κ1) is 34.2. The molecule has 1 saturated carbocycles. The molecule has 54 heavy (non-hydrogen) atoms. The van der Waals surface area contributed by atoms with Crippen LogP contribution in [0.1, 0.15) is 103 Å². The van der Waals surface area contributed by atoms with E-state index in [0.29, 0.717) is 0 Å². The Morgan fingerprint density at radius 3 is 2.15 bits per heavy atom. The molecule has 0 saturated heterocycles. The van der Waals surface area contributed by atoms with Crippen molar-refractivity contribution in [1.29, 1.82) is 0 Å². The van der Waals surface area contributed by atoms with E-state index in [4.69, 9.17) is 0 Å². The molecule has 4 heterocycles. The van der Waals surface area contributed by atoms with Gasteiger partial charge in [-0.25, -0.2) is 4.39 Å². The number of rotatable bonds is 2. The van der Waals surface area contributed by atoms with Gasteiger partial charge in [-0.15, -0.1) is 11.3 Å². The van der Waals surface area contributed by atoms with Crippen LogP contribution in [-0.4, -0.2) is 12.3 Å². The molecule has 0 N–H and O–H groups in total. The van der Waals surface area contributed by atoms with Crippen molar-refractivity contribution in [2.45, 2.75) is 110 Å². The first-order chi connectivity index (χ1) is 25.6. The molecule has 272 valence electrons. The number of halogens is 1. The number of aryl methyl sites for hydroxylation is 1. The lowest BCUT2D eigenvalue weighted by Crippen LogP contribution is -2.64. The molecule has 0 radical (unpaired) electrons. The normalized spacial score (nSPS) is 21.3. The molecule has 3 aliphatic heterocycles. The second kappa shape index (κ2) is 11.1. The molecule has 2 atom stereocenters. The highest BCUT2D eigenvalue weighted by molar-refractivity contribution is 7.33. The predicted molar refractivity (Wildman–Crippen MR) is 232 cm³/mol. The zero-order valence-electron chi connectivity index (χ0n) is 33.2. The largest absolute Gasteiger partial charge is 0.335 e. The second-order valence-electron chi connectivity index (χ2n) is 19.1. The summed E-state index contributed by atoms with van der Waals surface area (Å²) in [6.07, 6.45) is 4.53. The molecular weight excluding hydrogens is 678 g/mol. The van der Waals surface area contributed by atoms with Gasteiger partial charge in [-0.2, -0.15) is 0 Å². The van der Waals surface area contributed by atoms with Crippen molar-refractivity contribution in [3.63, 3.8) is 0 Å². The second-order valence-corrected chi connectivity index (χ2v) is 20.2. The van der Waals surface area contributed by atoms with Crippen LogP contribution >= 0.6 is 11.3 Å². The minimum absolute atomic E-state index is 0.00944. The lowest BCUT2D eigenvalue weighted by molar-refractivity contribution is 0.194. The molecule has 2 nitrogen and oxygen atoms in total. The first-order valence-corrected chi connectivity index (χ1v) is 20.8. The maximum Gasteiger partial charge on any atom is 0.264 e. The maximum absolute atomic E-state index is 16.3. The van der Waals surface area contributed by atoms with E-state index in [0.717, 1.165) is 18.3 Å². The van der Waals surface area contributed by atoms with Crippen molar-refractivity contribution in [3.05, 3.63) is 119 Å². The lowest BCUT2D eigenvalue weighted by atomic mass is 9.36. The average molecular weight is 729 g/mol. The van der Waals surface area contributed by atoms with Crippen molar-refractivity contribution >= 4 is 72.3 Å². The van der Waals surface area contributed by atoms with Crippen LogP contribution in [0.4, 0.5) is 32.8 Å². The third-order valence-electron chi connectivity index (χ3n) is 13.8. The van der Waals surface area contributed by atoms with Crippen LogP contribution in [0.3, 0.4) is 0 Å². The van der Waals surface area contributed by atoms with E-state index in [1.165, 1.54) is 95.0 Å². The van der Waals surface area contributed by atoms with Crippen LogP contribution in [0.15, 0.2) is 91.0 Å². The summed E-state index contributed by atoms with van der Waals surface area (Å²) in [6, 6.07) is 33.8. The van der Waals surface area contributed by atoms with E-state index in [2.05, 4.69) is 151 Å². The Morgan fingerprint density at radius 1 is 0.722 bits per heavy atom. The van der Waals surface area contributed by atoms with E-state index in [1.54, 1.807) is 0 Å². The Bertz CT molecular complexity index is 2560.